The van der Waals surface area contributed by atoms with E-state index >= 15 is 0 Å². The predicted octanol–water partition coefficient (Wildman–Crippen LogP) is 3.82. The van der Waals surface area contributed by atoms with E-state index < -0.39 is 17.8 Å². The van der Waals surface area contributed by atoms with Crippen molar-refractivity contribution in [3.63, 3.8) is 0 Å². The molecule has 0 saturated carbocycles. The highest BCUT2D eigenvalue weighted by atomic mass is 16.5. The number of carbonyl (C=O) groups is 3. The predicted molar refractivity (Wildman–Crippen MR) is 138 cm³/mol. The highest BCUT2D eigenvalue weighted by Crippen LogP contribution is 2.31. The largest absolute Gasteiger partial charge is 0.493 e. The highest BCUT2D eigenvalue weighted by molar-refractivity contribution is 6.04. The van der Waals surface area contributed by atoms with E-state index in [4.69, 9.17) is 14.7 Å². The minimum absolute atomic E-state index is 0.237. The molecule has 0 saturated heterocycles. The minimum atomic E-state index is -0.636. The molecule has 0 spiro atoms. The fraction of sp³-hybridized carbons (Fsp3) is 0.179. The molecule has 9 heteroatoms. The maximum Gasteiger partial charge on any atom is 0.324 e. The molecule has 4 amide bonds. The lowest BCUT2D eigenvalue weighted by atomic mass is 10.1. The van der Waals surface area contributed by atoms with Gasteiger partial charge in [-0.15, -0.1) is 0 Å². The Morgan fingerprint density at radius 1 is 0.919 bits per heavy atom. The lowest BCUT2D eigenvalue weighted by Crippen LogP contribution is -2.43. The van der Waals surface area contributed by atoms with E-state index in [2.05, 4.69) is 5.32 Å². The molecule has 0 bridgehead atoms. The van der Waals surface area contributed by atoms with Gasteiger partial charge in [0, 0.05) is 24.7 Å². The number of imide groups is 1. The Morgan fingerprint density at radius 2 is 1.65 bits per heavy atom. The number of hydrogen-bond acceptors (Lipinski definition) is 6. The first kappa shape index (κ1) is 27.0. The van der Waals surface area contributed by atoms with Gasteiger partial charge in [0.2, 0.25) is 0 Å². The van der Waals surface area contributed by atoms with Crippen molar-refractivity contribution in [3.05, 3.63) is 101 Å². The van der Waals surface area contributed by atoms with E-state index in [-0.39, 0.29) is 6.54 Å². The van der Waals surface area contributed by atoms with Gasteiger partial charge in [0.05, 0.1) is 14.2 Å². The summed E-state index contributed by atoms with van der Waals surface area (Å²) >= 11 is 0. The number of hydrogen-bond donors (Lipinski definition) is 3. The number of urea groups is 1. The maximum atomic E-state index is 13.2. The maximum absolute atomic E-state index is 13.2. The summed E-state index contributed by atoms with van der Waals surface area (Å²) in [6, 6.07) is 20.8. The quantitative estimate of drug-likeness (QED) is 0.220. The van der Waals surface area contributed by atoms with Gasteiger partial charge in [-0.25, -0.2) is 10.3 Å². The summed E-state index contributed by atoms with van der Waals surface area (Å²) in [5.74, 6) is 0.0581. The van der Waals surface area contributed by atoms with E-state index in [1.165, 1.54) is 11.6 Å². The number of ether oxygens (including phenoxy) is 2. The second kappa shape index (κ2) is 13.5. The standard InChI is InChI=1S/C28H29N3O6/c1-36-24-10-6-9-22(26(24)37-2)17-18-31(28(34)29-27(33)23-7-4-3-5-8-23)19-21-13-11-20(12-14-21)15-16-25(32)30-35/h3-16,35H,17-19H2,1-2H3,(H,30,32)(H,29,33,34)/b16-15+. The van der Waals surface area contributed by atoms with Gasteiger partial charge >= 0.3 is 6.03 Å². The fourth-order valence-corrected chi connectivity index (χ4v) is 3.66. The minimum Gasteiger partial charge on any atom is -0.493 e. The lowest BCUT2D eigenvalue weighted by molar-refractivity contribution is -0.124. The van der Waals surface area contributed by atoms with Crippen molar-refractivity contribution >= 4 is 23.9 Å². The van der Waals surface area contributed by atoms with Gasteiger partial charge in [0.15, 0.2) is 11.5 Å². The molecule has 0 aliphatic carbocycles. The average Bonchev–Trinajstić information content (AvgIpc) is 2.94. The first-order valence-corrected chi connectivity index (χ1v) is 11.5. The van der Waals surface area contributed by atoms with Crippen molar-refractivity contribution in [3.8, 4) is 11.5 Å². The molecular formula is C28H29N3O6. The summed E-state index contributed by atoms with van der Waals surface area (Å²) in [5.41, 5.74) is 4.34. The Balaban J connectivity index is 1.78. The number of hydroxylamine groups is 1. The summed E-state index contributed by atoms with van der Waals surface area (Å²) in [6.45, 7) is 0.539. The monoisotopic (exact) mass is 503 g/mol. The molecule has 0 aliphatic rings. The molecule has 0 radical (unpaired) electrons. The highest BCUT2D eigenvalue weighted by Gasteiger charge is 2.19. The van der Waals surface area contributed by atoms with Crippen LogP contribution in [0.2, 0.25) is 0 Å². The number of benzene rings is 3. The van der Waals surface area contributed by atoms with Crippen molar-refractivity contribution < 1.29 is 29.1 Å². The van der Waals surface area contributed by atoms with Crippen LogP contribution in [-0.2, 0) is 17.8 Å². The molecule has 0 atom stereocenters. The van der Waals surface area contributed by atoms with Gasteiger partial charge in [0.25, 0.3) is 11.8 Å². The van der Waals surface area contributed by atoms with Crippen molar-refractivity contribution in [2.75, 3.05) is 20.8 Å². The Labute approximate surface area is 215 Å². The molecular weight excluding hydrogens is 474 g/mol. The zero-order valence-corrected chi connectivity index (χ0v) is 20.6. The van der Waals surface area contributed by atoms with Crippen LogP contribution in [0, 0.1) is 0 Å². The normalized spacial score (nSPS) is 10.6. The van der Waals surface area contributed by atoms with E-state index in [0.29, 0.717) is 30.0 Å². The summed E-state index contributed by atoms with van der Waals surface area (Å²) in [7, 11) is 3.12. The Hall–Kier alpha value is -4.63. The van der Waals surface area contributed by atoms with Gasteiger partial charge in [0.1, 0.15) is 0 Å². The molecule has 3 aromatic carbocycles. The first-order valence-electron chi connectivity index (χ1n) is 11.5. The SMILES string of the molecule is COc1cccc(CCN(Cc2ccc(/C=C/C(=O)NO)cc2)C(=O)NC(=O)c2ccccc2)c1OC. The van der Waals surface area contributed by atoms with Gasteiger partial charge in [-0.3, -0.25) is 20.1 Å². The van der Waals surface area contributed by atoms with Crippen LogP contribution in [0.5, 0.6) is 11.5 Å². The van der Waals surface area contributed by atoms with E-state index in [1.807, 2.05) is 24.3 Å². The van der Waals surface area contributed by atoms with E-state index in [0.717, 1.165) is 16.7 Å². The van der Waals surface area contributed by atoms with Crippen LogP contribution in [0.25, 0.3) is 6.08 Å². The second-order valence-electron chi connectivity index (χ2n) is 8.00. The van der Waals surface area contributed by atoms with Crippen LogP contribution in [-0.4, -0.2) is 48.7 Å². The molecule has 0 heterocycles. The summed E-state index contributed by atoms with van der Waals surface area (Å²) < 4.78 is 10.9. The molecule has 0 unspecified atom stereocenters. The molecule has 0 fully saturated rings. The third-order valence-electron chi connectivity index (χ3n) is 5.57. The van der Waals surface area contributed by atoms with Crippen LogP contribution in [0.3, 0.4) is 0 Å². The smallest absolute Gasteiger partial charge is 0.324 e. The molecule has 3 aromatic rings. The number of nitrogens with one attached hydrogen (secondary N) is 2. The number of amides is 4. The van der Waals surface area contributed by atoms with Crippen LogP contribution in [0.4, 0.5) is 4.79 Å². The number of para-hydroxylation sites is 1. The van der Waals surface area contributed by atoms with Crippen molar-refractivity contribution in [2.24, 2.45) is 0 Å². The van der Waals surface area contributed by atoms with Crippen molar-refractivity contribution in [1.29, 1.82) is 0 Å². The molecule has 0 aliphatic heterocycles. The van der Waals surface area contributed by atoms with Gasteiger partial charge in [-0.1, -0.05) is 54.6 Å². The topological polar surface area (TPSA) is 117 Å². The third kappa shape index (κ3) is 7.68. The van der Waals surface area contributed by atoms with Crippen molar-refractivity contribution in [2.45, 2.75) is 13.0 Å². The van der Waals surface area contributed by atoms with Gasteiger partial charge in [-0.05, 0) is 47.4 Å². The number of carbonyl (C=O) groups excluding carboxylic acids is 3. The average molecular weight is 504 g/mol. The zero-order chi connectivity index (χ0) is 26.6. The third-order valence-corrected chi connectivity index (χ3v) is 5.57. The molecule has 37 heavy (non-hydrogen) atoms. The Morgan fingerprint density at radius 3 is 2.30 bits per heavy atom. The molecule has 192 valence electrons. The van der Waals surface area contributed by atoms with Crippen LogP contribution >= 0.6 is 0 Å². The first-order chi connectivity index (χ1) is 17.9. The number of rotatable bonds is 10. The molecule has 3 rings (SSSR count). The van der Waals surface area contributed by atoms with Crippen LogP contribution in [0.15, 0.2) is 78.9 Å². The zero-order valence-electron chi connectivity index (χ0n) is 20.6. The van der Waals surface area contributed by atoms with Gasteiger partial charge < -0.3 is 14.4 Å². The molecule has 0 aromatic heterocycles. The number of nitrogens with zero attached hydrogens (tertiary/aromatic N) is 1. The van der Waals surface area contributed by atoms with Gasteiger partial charge in [-0.2, -0.15) is 0 Å². The van der Waals surface area contributed by atoms with E-state index in [1.54, 1.807) is 73.7 Å². The Kier molecular flexibility index (Phi) is 9.81. The Bertz CT molecular complexity index is 1240. The molecule has 3 N–H and O–H groups in total. The van der Waals surface area contributed by atoms with Crippen LogP contribution in [0.1, 0.15) is 27.0 Å². The molecule has 9 nitrogen and oxygen atoms in total. The lowest BCUT2D eigenvalue weighted by Gasteiger charge is -2.24. The summed E-state index contributed by atoms with van der Waals surface area (Å²) in [5, 5.41) is 11.1. The second-order valence-corrected chi connectivity index (χ2v) is 8.00. The van der Waals surface area contributed by atoms with Crippen LogP contribution < -0.4 is 20.3 Å². The van der Waals surface area contributed by atoms with E-state index in [9.17, 15) is 14.4 Å². The van der Waals surface area contributed by atoms with Crippen molar-refractivity contribution in [1.82, 2.24) is 15.7 Å². The number of methoxy groups -OCH3 is 2. The summed E-state index contributed by atoms with van der Waals surface area (Å²) in [6.07, 6.45) is 3.21. The fourth-order valence-electron chi connectivity index (χ4n) is 3.66. The summed E-state index contributed by atoms with van der Waals surface area (Å²) in [4.78, 5) is 38.5.